The van der Waals surface area contributed by atoms with E-state index in [9.17, 15) is 0 Å². The summed E-state index contributed by atoms with van der Waals surface area (Å²) in [4.78, 5) is 0. The van der Waals surface area contributed by atoms with Gasteiger partial charge in [0.1, 0.15) is 0 Å². The Hall–Kier alpha value is -5.98. The van der Waals surface area contributed by atoms with Crippen molar-refractivity contribution in [3.63, 3.8) is 0 Å². The van der Waals surface area contributed by atoms with Crippen LogP contribution in [0.25, 0.3) is 62.8 Å². The minimum Gasteiger partial charge on any atom is -0.0795 e. The van der Waals surface area contributed by atoms with E-state index in [1.807, 2.05) is 0 Å². The SMILES string of the molecule is C1=Cc2cc(C3=C(c4cccc5c4CC=C5)C4=Cc5cc(-c6ccccc6)c(-c6ccccc6)cc5C4=C3c3ccccc3)ccc2C1. The lowest BCUT2D eigenvalue weighted by Gasteiger charge is -2.18. The van der Waals surface area contributed by atoms with Crippen LogP contribution < -0.4 is 0 Å². The van der Waals surface area contributed by atoms with Crippen LogP contribution in [0.2, 0.25) is 0 Å². The molecule has 48 heavy (non-hydrogen) atoms. The van der Waals surface area contributed by atoms with Gasteiger partial charge >= 0.3 is 0 Å². The summed E-state index contributed by atoms with van der Waals surface area (Å²) in [5.74, 6) is 0. The minimum atomic E-state index is 0.960. The van der Waals surface area contributed by atoms with Crippen LogP contribution in [0.15, 0.2) is 157 Å². The van der Waals surface area contributed by atoms with Crippen LogP contribution in [0.4, 0.5) is 0 Å². The smallest absolute Gasteiger partial charge is 0.00134 e. The summed E-state index contributed by atoms with van der Waals surface area (Å²) in [6.07, 6.45) is 13.6. The van der Waals surface area contributed by atoms with Gasteiger partial charge < -0.3 is 0 Å². The highest BCUT2D eigenvalue weighted by Gasteiger charge is 2.38. The fourth-order valence-electron chi connectivity index (χ4n) is 8.28. The van der Waals surface area contributed by atoms with Gasteiger partial charge in [-0.3, -0.25) is 0 Å². The Morgan fingerprint density at radius 1 is 0.354 bits per heavy atom. The predicted octanol–water partition coefficient (Wildman–Crippen LogP) is 12.1. The molecule has 6 aromatic carbocycles. The molecule has 0 unspecified atom stereocenters. The lowest BCUT2D eigenvalue weighted by atomic mass is 9.85. The van der Waals surface area contributed by atoms with E-state index in [2.05, 4.69) is 170 Å². The summed E-state index contributed by atoms with van der Waals surface area (Å²) in [5, 5.41) is 0. The third kappa shape index (κ3) is 4.16. The molecule has 0 atom stereocenters. The topological polar surface area (TPSA) is 0 Å². The summed E-state index contributed by atoms with van der Waals surface area (Å²) in [6.45, 7) is 0. The summed E-state index contributed by atoms with van der Waals surface area (Å²) in [6, 6.07) is 51.7. The summed E-state index contributed by atoms with van der Waals surface area (Å²) in [7, 11) is 0. The van der Waals surface area contributed by atoms with Crippen molar-refractivity contribution in [2.24, 2.45) is 0 Å². The first-order chi connectivity index (χ1) is 23.8. The third-order valence-corrected chi connectivity index (χ3v) is 10.5. The van der Waals surface area contributed by atoms with Gasteiger partial charge in [-0.25, -0.2) is 0 Å². The highest BCUT2D eigenvalue weighted by atomic mass is 14.4. The van der Waals surface area contributed by atoms with E-state index in [4.69, 9.17) is 0 Å². The number of hydrogen-bond donors (Lipinski definition) is 0. The van der Waals surface area contributed by atoms with Crippen molar-refractivity contribution in [3.05, 3.63) is 207 Å². The summed E-state index contributed by atoms with van der Waals surface area (Å²) < 4.78 is 0. The predicted molar refractivity (Wildman–Crippen MR) is 204 cm³/mol. The minimum absolute atomic E-state index is 0.960. The largest absolute Gasteiger partial charge is 0.0795 e. The number of hydrogen-bond acceptors (Lipinski definition) is 0. The second-order valence-electron chi connectivity index (χ2n) is 13.1. The second kappa shape index (κ2) is 10.8. The van der Waals surface area contributed by atoms with Crippen molar-refractivity contribution in [2.45, 2.75) is 12.8 Å². The highest BCUT2D eigenvalue weighted by Crippen LogP contribution is 2.60. The molecule has 0 heterocycles. The maximum Gasteiger partial charge on any atom is -0.00134 e. The van der Waals surface area contributed by atoms with Gasteiger partial charge in [0.15, 0.2) is 0 Å². The zero-order valence-corrected chi connectivity index (χ0v) is 26.6. The first-order valence-corrected chi connectivity index (χ1v) is 17.0. The normalized spacial score (nSPS) is 15.1. The quantitative estimate of drug-likeness (QED) is 0.183. The lowest BCUT2D eigenvalue weighted by Crippen LogP contribution is -1.97. The molecule has 0 saturated carbocycles. The number of benzene rings is 6. The maximum atomic E-state index is 2.48. The van der Waals surface area contributed by atoms with E-state index in [0.717, 1.165) is 12.8 Å². The van der Waals surface area contributed by atoms with E-state index in [1.54, 1.807) is 0 Å². The Kier molecular flexibility index (Phi) is 6.11. The van der Waals surface area contributed by atoms with Crippen LogP contribution in [-0.4, -0.2) is 0 Å². The molecule has 0 amide bonds. The summed E-state index contributed by atoms with van der Waals surface area (Å²) in [5.41, 5.74) is 23.7. The van der Waals surface area contributed by atoms with Crippen molar-refractivity contribution in [2.75, 3.05) is 0 Å². The Morgan fingerprint density at radius 2 is 0.979 bits per heavy atom. The van der Waals surface area contributed by atoms with Crippen LogP contribution in [-0.2, 0) is 12.8 Å². The molecule has 10 rings (SSSR count). The zero-order chi connectivity index (χ0) is 31.6. The van der Waals surface area contributed by atoms with Gasteiger partial charge in [0.2, 0.25) is 0 Å². The van der Waals surface area contributed by atoms with E-state index < -0.39 is 0 Å². The Morgan fingerprint density at radius 3 is 1.73 bits per heavy atom. The van der Waals surface area contributed by atoms with Crippen molar-refractivity contribution in [1.82, 2.24) is 0 Å². The van der Waals surface area contributed by atoms with Gasteiger partial charge in [-0.2, -0.15) is 0 Å². The first-order valence-electron chi connectivity index (χ1n) is 17.0. The molecule has 0 bridgehead atoms. The molecule has 4 aliphatic carbocycles. The molecule has 0 spiro atoms. The number of fused-ring (bicyclic) bond motifs is 5. The molecule has 0 saturated heterocycles. The fourth-order valence-corrected chi connectivity index (χ4v) is 8.28. The second-order valence-corrected chi connectivity index (χ2v) is 13.1. The van der Waals surface area contributed by atoms with Gasteiger partial charge in [0, 0.05) is 0 Å². The van der Waals surface area contributed by atoms with Crippen LogP contribution in [0.5, 0.6) is 0 Å². The van der Waals surface area contributed by atoms with Gasteiger partial charge in [-0.15, -0.1) is 0 Å². The van der Waals surface area contributed by atoms with Crippen molar-refractivity contribution < 1.29 is 0 Å². The average Bonchev–Trinajstić information content (AvgIpc) is 3.95. The molecule has 224 valence electrons. The van der Waals surface area contributed by atoms with Crippen LogP contribution in [0, 0.1) is 0 Å². The molecule has 0 fully saturated rings. The van der Waals surface area contributed by atoms with Crippen molar-refractivity contribution in [3.8, 4) is 22.3 Å². The molecule has 6 aromatic rings. The molecule has 4 aliphatic rings. The molecular weight excluding hydrogens is 577 g/mol. The van der Waals surface area contributed by atoms with Gasteiger partial charge in [-0.05, 0) is 137 Å². The molecular formula is C48H32. The van der Waals surface area contributed by atoms with Crippen molar-refractivity contribution >= 4 is 40.5 Å². The molecule has 0 heteroatoms. The van der Waals surface area contributed by atoms with Crippen LogP contribution >= 0.6 is 0 Å². The Labute approximate surface area is 282 Å². The van der Waals surface area contributed by atoms with Crippen LogP contribution in [0.3, 0.4) is 0 Å². The zero-order valence-electron chi connectivity index (χ0n) is 26.6. The van der Waals surface area contributed by atoms with E-state index >= 15 is 0 Å². The first kappa shape index (κ1) is 27.2. The molecule has 0 aliphatic heterocycles. The average molecular weight is 609 g/mol. The monoisotopic (exact) mass is 608 g/mol. The maximum absolute atomic E-state index is 2.48. The van der Waals surface area contributed by atoms with E-state index in [1.165, 1.54) is 100 Å². The van der Waals surface area contributed by atoms with E-state index in [0.29, 0.717) is 0 Å². The standard InChI is InChI=1S/C48H32/c1-4-13-33(14-5-1)41-28-38-29-44-47(40-24-12-21-32-20-11-23-39(32)40)46(37-26-25-31-19-10-22-36(31)27-37)45(35-17-8-3-9-18-35)48(44)43(38)30-42(41)34-15-6-2-7-16-34/h1-18,20-22,24-30H,19,23H2. The van der Waals surface area contributed by atoms with Gasteiger partial charge in [0.05, 0.1) is 0 Å². The fraction of sp³-hybridized carbons (Fsp3) is 0.0417. The lowest BCUT2D eigenvalue weighted by molar-refractivity contribution is 1.29. The summed E-state index contributed by atoms with van der Waals surface area (Å²) >= 11 is 0. The third-order valence-electron chi connectivity index (χ3n) is 10.5. The van der Waals surface area contributed by atoms with Gasteiger partial charge in [0.25, 0.3) is 0 Å². The number of allylic oxidation sites excluding steroid dienone is 7. The molecule has 0 N–H and O–H groups in total. The van der Waals surface area contributed by atoms with E-state index in [-0.39, 0.29) is 0 Å². The van der Waals surface area contributed by atoms with Crippen LogP contribution in [0.1, 0.15) is 50.1 Å². The molecule has 0 radical (unpaired) electrons. The number of rotatable bonds is 5. The molecule has 0 aromatic heterocycles. The Balaban J connectivity index is 1.31. The van der Waals surface area contributed by atoms with Crippen molar-refractivity contribution in [1.29, 1.82) is 0 Å². The Bertz CT molecular complexity index is 2450. The molecule has 0 nitrogen and oxygen atoms in total. The highest BCUT2D eigenvalue weighted by molar-refractivity contribution is 6.38. The van der Waals surface area contributed by atoms with Gasteiger partial charge in [-0.1, -0.05) is 146 Å².